The second-order valence-electron chi connectivity index (χ2n) is 3.35. The molecule has 1 heterocycles. The van der Waals surface area contributed by atoms with Crippen LogP contribution in [-0.2, 0) is 11.3 Å². The van der Waals surface area contributed by atoms with Crippen molar-refractivity contribution >= 4 is 16.6 Å². The number of hydrogen-bond acceptors (Lipinski definition) is 2. The molecule has 4 nitrogen and oxygen atoms in total. The van der Waals surface area contributed by atoms with E-state index in [-0.39, 0.29) is 0 Å². The lowest BCUT2D eigenvalue weighted by molar-refractivity contribution is -0.252. The first-order valence-electron chi connectivity index (χ1n) is 5.16. The van der Waals surface area contributed by atoms with Crippen LogP contribution in [0.4, 0.5) is 5.69 Å². The Morgan fingerprint density at radius 3 is 2.75 bits per heavy atom. The molecule has 0 unspecified atom stereocenters. The molecule has 2 rings (SSSR count). The molecule has 16 heavy (non-hydrogen) atoms. The van der Waals surface area contributed by atoms with Gasteiger partial charge in [0, 0.05) is 27.0 Å². The van der Waals surface area contributed by atoms with E-state index in [0.29, 0.717) is 0 Å². The summed E-state index contributed by atoms with van der Waals surface area (Å²) in [6.45, 7) is 1.63. The highest BCUT2D eigenvalue weighted by Crippen LogP contribution is 2.20. The summed E-state index contributed by atoms with van der Waals surface area (Å²) in [6, 6.07) is 8.28. The normalized spacial score (nSPS) is 10.0. The van der Waals surface area contributed by atoms with E-state index in [1.807, 2.05) is 12.1 Å². The van der Waals surface area contributed by atoms with Crippen molar-refractivity contribution < 1.29 is 15.6 Å². The standard InChI is InChI=1S/C11H14N2O.CH4O/c1-14-8-7-13-6-5-9-10(12)3-2-4-11(9)13;1-2/h2-6H,7-8,12H2,1H3;2H,1H3/p+1. The number of ether oxygens (including phenoxy) is 1. The van der Waals surface area contributed by atoms with Crippen LogP contribution in [0.25, 0.3) is 10.9 Å². The maximum absolute atomic E-state index is 7.00. The van der Waals surface area contributed by atoms with Gasteiger partial charge < -0.3 is 20.1 Å². The first-order chi connectivity index (χ1) is 7.83. The summed E-state index contributed by atoms with van der Waals surface area (Å²) in [5.74, 6) is 0. The minimum atomic E-state index is 0.741. The molecular formula is C12H19N2O2+. The molecule has 0 aliphatic heterocycles. The van der Waals surface area contributed by atoms with Gasteiger partial charge in [0.25, 0.3) is 0 Å². The van der Waals surface area contributed by atoms with Crippen LogP contribution in [0.1, 0.15) is 0 Å². The maximum Gasteiger partial charge on any atom is 0.137 e. The molecule has 0 aliphatic rings. The van der Waals surface area contributed by atoms with Crippen molar-refractivity contribution in [2.24, 2.45) is 0 Å². The molecule has 1 aromatic heterocycles. The van der Waals surface area contributed by atoms with E-state index in [1.165, 1.54) is 10.9 Å². The molecule has 4 heteroatoms. The van der Waals surface area contributed by atoms with Gasteiger partial charge in [-0.2, -0.15) is 0 Å². The van der Waals surface area contributed by atoms with E-state index < -0.39 is 0 Å². The topological polar surface area (TPSA) is 62.0 Å². The fraction of sp³-hybridized carbons (Fsp3) is 0.333. The summed E-state index contributed by atoms with van der Waals surface area (Å²) in [6.07, 6.45) is 2.08. The van der Waals surface area contributed by atoms with Gasteiger partial charge in [-0.25, -0.2) is 0 Å². The Balaban J connectivity index is 0.000000606. The van der Waals surface area contributed by atoms with Gasteiger partial charge in [-0.1, -0.05) is 6.07 Å². The van der Waals surface area contributed by atoms with E-state index >= 15 is 0 Å². The highest BCUT2D eigenvalue weighted by atomic mass is 16.5. The Kier molecular flexibility index (Phi) is 4.98. The molecule has 0 saturated carbocycles. The fourth-order valence-electron chi connectivity index (χ4n) is 1.67. The van der Waals surface area contributed by atoms with E-state index in [0.717, 1.165) is 25.9 Å². The molecule has 0 fully saturated rings. The quantitative estimate of drug-likeness (QED) is 0.807. The zero-order valence-electron chi connectivity index (χ0n) is 9.81. The highest BCUT2D eigenvalue weighted by Gasteiger charge is 2.04. The number of nitrogens with zero attached hydrogens (tertiary/aromatic N) is 1. The largest absolute Gasteiger partial charge is 0.400 e. The molecule has 0 amide bonds. The van der Waals surface area contributed by atoms with Crippen LogP contribution >= 0.6 is 0 Å². The summed E-state index contributed by atoms with van der Waals surface area (Å²) < 4.78 is 7.25. The number of methoxy groups -OCH3 is 1. The van der Waals surface area contributed by atoms with E-state index in [4.69, 9.17) is 9.84 Å². The monoisotopic (exact) mass is 223 g/mol. The summed E-state index contributed by atoms with van der Waals surface area (Å²) in [5, 5.41) is 8.23. The first-order valence-corrected chi connectivity index (χ1v) is 5.16. The van der Waals surface area contributed by atoms with Crippen LogP contribution in [0.15, 0.2) is 30.5 Å². The Labute approximate surface area is 95.2 Å². The predicted molar refractivity (Wildman–Crippen MR) is 64.5 cm³/mol. The minimum absolute atomic E-state index is 0.741. The summed E-state index contributed by atoms with van der Waals surface area (Å²) in [7, 11) is 2.72. The highest BCUT2D eigenvalue weighted by molar-refractivity contribution is 5.88. The minimum Gasteiger partial charge on any atom is -0.400 e. The summed E-state index contributed by atoms with van der Waals surface area (Å²) in [4.78, 5) is 0. The molecule has 0 bridgehead atoms. The number of aliphatic hydroxyl groups is 1. The number of hydrogen-bond donors (Lipinski definition) is 2. The van der Waals surface area contributed by atoms with Crippen LogP contribution in [-0.4, -0.2) is 30.5 Å². The lowest BCUT2D eigenvalue weighted by atomic mass is 10.2. The van der Waals surface area contributed by atoms with Gasteiger partial charge in [0.1, 0.15) is 5.69 Å². The predicted octanol–water partition coefficient (Wildman–Crippen LogP) is 0.770. The molecular weight excluding hydrogens is 204 g/mol. The third-order valence-electron chi connectivity index (χ3n) is 2.44. The number of benzene rings is 1. The SMILES string of the molecule is CO.COCCn1ccc2c([NH3+])cccc21. The number of aromatic nitrogens is 1. The first kappa shape index (κ1) is 12.7. The average Bonchev–Trinajstić information content (AvgIpc) is 2.74. The van der Waals surface area contributed by atoms with Crippen LogP contribution in [0.3, 0.4) is 0 Å². The van der Waals surface area contributed by atoms with Crippen molar-refractivity contribution in [1.29, 1.82) is 0 Å². The maximum atomic E-state index is 7.00. The molecule has 0 aliphatic carbocycles. The number of rotatable bonds is 3. The molecule has 1 aromatic carbocycles. The van der Waals surface area contributed by atoms with Gasteiger partial charge in [0.15, 0.2) is 0 Å². The van der Waals surface area contributed by atoms with Crippen LogP contribution in [0.2, 0.25) is 0 Å². The fourth-order valence-corrected chi connectivity index (χ4v) is 1.67. The second-order valence-corrected chi connectivity index (χ2v) is 3.35. The van der Waals surface area contributed by atoms with Gasteiger partial charge in [-0.3, -0.25) is 0 Å². The lowest BCUT2D eigenvalue weighted by Crippen LogP contribution is -2.40. The van der Waals surface area contributed by atoms with Crippen molar-refractivity contribution in [2.45, 2.75) is 6.54 Å². The number of fused-ring (bicyclic) bond motifs is 1. The molecule has 0 saturated heterocycles. The molecule has 2 aromatic rings. The Bertz CT molecular complexity index is 438. The summed E-state index contributed by atoms with van der Waals surface area (Å²) >= 11 is 0. The molecule has 4 N–H and O–H groups in total. The van der Waals surface area contributed by atoms with Gasteiger partial charge >= 0.3 is 0 Å². The zero-order valence-corrected chi connectivity index (χ0v) is 9.81. The van der Waals surface area contributed by atoms with Gasteiger partial charge in [0.05, 0.1) is 17.5 Å². The van der Waals surface area contributed by atoms with E-state index in [1.54, 1.807) is 7.11 Å². The lowest BCUT2D eigenvalue weighted by Gasteiger charge is -2.03. The Morgan fingerprint density at radius 2 is 2.06 bits per heavy atom. The van der Waals surface area contributed by atoms with Crippen molar-refractivity contribution in [3.63, 3.8) is 0 Å². The van der Waals surface area contributed by atoms with Crippen molar-refractivity contribution in [3.8, 4) is 0 Å². The van der Waals surface area contributed by atoms with E-state index in [9.17, 15) is 0 Å². The van der Waals surface area contributed by atoms with Gasteiger partial charge in [-0.05, 0) is 18.2 Å². The van der Waals surface area contributed by atoms with Crippen LogP contribution in [0, 0.1) is 0 Å². The smallest absolute Gasteiger partial charge is 0.137 e. The average molecular weight is 223 g/mol. The number of aliphatic hydroxyl groups excluding tert-OH is 1. The molecule has 88 valence electrons. The van der Waals surface area contributed by atoms with Gasteiger partial charge in [-0.15, -0.1) is 0 Å². The number of quaternary nitrogens is 1. The van der Waals surface area contributed by atoms with Crippen molar-refractivity contribution in [1.82, 2.24) is 4.57 Å². The Morgan fingerprint density at radius 1 is 1.31 bits per heavy atom. The third kappa shape index (κ3) is 2.61. The Hall–Kier alpha value is -1.36. The van der Waals surface area contributed by atoms with Crippen LogP contribution in [0.5, 0.6) is 0 Å². The summed E-state index contributed by atoms with van der Waals surface area (Å²) in [5.41, 5.74) is 6.31. The third-order valence-corrected chi connectivity index (χ3v) is 2.44. The molecule has 0 atom stereocenters. The zero-order chi connectivity index (χ0) is 12.0. The van der Waals surface area contributed by atoms with E-state index in [2.05, 4.69) is 28.6 Å². The van der Waals surface area contributed by atoms with Crippen molar-refractivity contribution in [3.05, 3.63) is 30.5 Å². The van der Waals surface area contributed by atoms with Crippen molar-refractivity contribution in [2.75, 3.05) is 20.8 Å². The van der Waals surface area contributed by atoms with Crippen LogP contribution < -0.4 is 5.73 Å². The molecule has 0 radical (unpaired) electrons. The second kappa shape index (κ2) is 6.27. The molecule has 0 spiro atoms. The van der Waals surface area contributed by atoms with Gasteiger partial charge in [0.2, 0.25) is 0 Å².